The number of nitro benzene ring substituents is 1. The van der Waals surface area contributed by atoms with Gasteiger partial charge in [0.15, 0.2) is 0 Å². The highest BCUT2D eigenvalue weighted by molar-refractivity contribution is 6.09. The molecule has 0 saturated carbocycles. The van der Waals surface area contributed by atoms with Crippen molar-refractivity contribution in [3.63, 3.8) is 0 Å². The highest BCUT2D eigenvalue weighted by Gasteiger charge is 2.20. The quantitative estimate of drug-likeness (QED) is 0.295. The smallest absolute Gasteiger partial charge is 0.295 e. The second kappa shape index (κ2) is 8.51. The Kier molecular flexibility index (Phi) is 5.83. The van der Waals surface area contributed by atoms with Gasteiger partial charge in [0.25, 0.3) is 17.2 Å². The zero-order valence-corrected chi connectivity index (χ0v) is 17.1. The topological polar surface area (TPSA) is 123 Å². The number of hydrogen-bond acceptors (Lipinski definition) is 5. The first-order valence-corrected chi connectivity index (χ1v) is 9.26. The van der Waals surface area contributed by atoms with Gasteiger partial charge in [-0.05, 0) is 37.6 Å². The Morgan fingerprint density at radius 3 is 2.48 bits per heavy atom. The highest BCUT2D eigenvalue weighted by Crippen LogP contribution is 2.21. The van der Waals surface area contributed by atoms with E-state index in [9.17, 15) is 25.0 Å². The lowest BCUT2D eigenvalue weighted by atomic mass is 10.1. The molecule has 156 valence electrons. The van der Waals surface area contributed by atoms with E-state index in [0.717, 1.165) is 0 Å². The lowest BCUT2D eigenvalue weighted by Crippen LogP contribution is -2.23. The van der Waals surface area contributed by atoms with Crippen molar-refractivity contribution < 1.29 is 9.72 Å². The molecule has 0 aliphatic carbocycles. The SMILES string of the molecule is Cc1ccc(/C=C(/C#N)C(=O)Nc2c(C)n(C)n(-c3ccccc3)c2=O)cc1[N+](=O)[O-]. The van der Waals surface area contributed by atoms with Crippen molar-refractivity contribution in [3.05, 3.63) is 91.4 Å². The Hall–Kier alpha value is -4.45. The summed E-state index contributed by atoms with van der Waals surface area (Å²) in [6.07, 6.45) is 1.25. The molecule has 31 heavy (non-hydrogen) atoms. The van der Waals surface area contributed by atoms with Crippen LogP contribution in [0, 0.1) is 35.3 Å². The number of carbonyl (C=O) groups excluding carboxylic acids is 1. The van der Waals surface area contributed by atoms with E-state index in [-0.39, 0.29) is 16.9 Å². The van der Waals surface area contributed by atoms with Gasteiger partial charge in [0.05, 0.1) is 16.3 Å². The van der Waals surface area contributed by atoms with Gasteiger partial charge >= 0.3 is 0 Å². The molecule has 2 aromatic carbocycles. The third kappa shape index (κ3) is 4.13. The third-order valence-corrected chi connectivity index (χ3v) is 4.90. The zero-order chi connectivity index (χ0) is 22.7. The summed E-state index contributed by atoms with van der Waals surface area (Å²) < 4.78 is 3.01. The van der Waals surface area contributed by atoms with E-state index in [1.54, 1.807) is 62.0 Å². The molecule has 3 aromatic rings. The van der Waals surface area contributed by atoms with E-state index in [0.29, 0.717) is 22.5 Å². The Balaban J connectivity index is 1.97. The van der Waals surface area contributed by atoms with Crippen LogP contribution in [0.3, 0.4) is 0 Å². The summed E-state index contributed by atoms with van der Waals surface area (Å²) in [4.78, 5) is 36.2. The number of anilines is 1. The number of nitrogens with zero attached hydrogens (tertiary/aromatic N) is 4. The van der Waals surface area contributed by atoms with Gasteiger partial charge in [-0.2, -0.15) is 5.26 Å². The maximum Gasteiger partial charge on any atom is 0.295 e. The molecule has 0 aliphatic rings. The Labute approximate surface area is 177 Å². The maximum atomic E-state index is 12.9. The van der Waals surface area contributed by atoms with Crippen molar-refractivity contribution in [1.29, 1.82) is 5.26 Å². The predicted octanol–water partition coefficient (Wildman–Crippen LogP) is 3.25. The summed E-state index contributed by atoms with van der Waals surface area (Å²) in [5.41, 5.74) is 1.13. The Bertz CT molecular complexity index is 1310. The van der Waals surface area contributed by atoms with E-state index in [1.807, 2.05) is 6.07 Å². The highest BCUT2D eigenvalue weighted by atomic mass is 16.6. The molecule has 0 atom stereocenters. The summed E-state index contributed by atoms with van der Waals surface area (Å²) in [6.45, 7) is 3.27. The largest absolute Gasteiger partial charge is 0.315 e. The van der Waals surface area contributed by atoms with Crippen LogP contribution in [0.5, 0.6) is 0 Å². The Morgan fingerprint density at radius 1 is 1.19 bits per heavy atom. The molecule has 0 spiro atoms. The molecule has 0 radical (unpaired) electrons. The standard InChI is InChI=1S/C22H19N5O4/c1-14-9-10-16(12-19(14)27(30)31)11-17(13-23)21(28)24-20-15(2)25(3)26(22(20)29)18-7-5-4-6-8-18/h4-12H,1-3H3,(H,24,28)/b17-11-. The van der Waals surface area contributed by atoms with Gasteiger partial charge in [0.1, 0.15) is 17.3 Å². The molecular weight excluding hydrogens is 398 g/mol. The van der Waals surface area contributed by atoms with E-state index in [1.165, 1.54) is 22.9 Å². The fraction of sp³-hybridized carbons (Fsp3) is 0.136. The van der Waals surface area contributed by atoms with Gasteiger partial charge in [0.2, 0.25) is 0 Å². The van der Waals surface area contributed by atoms with E-state index in [4.69, 9.17) is 0 Å². The third-order valence-electron chi connectivity index (χ3n) is 4.90. The fourth-order valence-corrected chi connectivity index (χ4v) is 3.12. The summed E-state index contributed by atoms with van der Waals surface area (Å²) >= 11 is 0. The van der Waals surface area contributed by atoms with E-state index >= 15 is 0 Å². The van der Waals surface area contributed by atoms with Crippen LogP contribution in [0.15, 0.2) is 58.9 Å². The van der Waals surface area contributed by atoms with Gasteiger partial charge in [-0.15, -0.1) is 0 Å². The molecule has 9 heteroatoms. The van der Waals surface area contributed by atoms with E-state index in [2.05, 4.69) is 5.32 Å². The Morgan fingerprint density at radius 2 is 1.87 bits per heavy atom. The number of nitro groups is 1. The van der Waals surface area contributed by atoms with Crippen LogP contribution in [0.2, 0.25) is 0 Å². The lowest BCUT2D eigenvalue weighted by Gasteiger charge is -2.07. The number of aryl methyl sites for hydroxylation is 1. The summed E-state index contributed by atoms with van der Waals surface area (Å²) in [5.74, 6) is -0.781. The molecule has 0 unspecified atom stereocenters. The number of nitriles is 1. The predicted molar refractivity (Wildman–Crippen MR) is 116 cm³/mol. The van der Waals surface area contributed by atoms with Gasteiger partial charge in [-0.1, -0.05) is 30.3 Å². The zero-order valence-electron chi connectivity index (χ0n) is 17.1. The number of rotatable bonds is 5. The molecule has 1 amide bonds. The number of amides is 1. The number of benzene rings is 2. The first kappa shape index (κ1) is 21.3. The van der Waals surface area contributed by atoms with Crippen LogP contribution >= 0.6 is 0 Å². The molecular formula is C22H19N5O4. The van der Waals surface area contributed by atoms with Gasteiger partial charge in [0, 0.05) is 18.7 Å². The molecule has 1 heterocycles. The average Bonchev–Trinajstić information content (AvgIpc) is 2.96. The number of para-hydroxylation sites is 1. The van der Waals surface area contributed by atoms with Crippen molar-refractivity contribution in [3.8, 4) is 11.8 Å². The minimum absolute atomic E-state index is 0.0485. The van der Waals surface area contributed by atoms with Crippen molar-refractivity contribution >= 4 is 23.4 Å². The van der Waals surface area contributed by atoms with Crippen molar-refractivity contribution in [1.82, 2.24) is 9.36 Å². The van der Waals surface area contributed by atoms with Gasteiger partial charge in [-0.25, -0.2) is 4.68 Å². The average molecular weight is 417 g/mol. The first-order valence-electron chi connectivity index (χ1n) is 9.26. The molecule has 9 nitrogen and oxygen atoms in total. The summed E-state index contributed by atoms with van der Waals surface area (Å²) in [5, 5.41) is 23.1. The second-order valence-electron chi connectivity index (χ2n) is 6.86. The normalized spacial score (nSPS) is 11.1. The molecule has 1 aromatic heterocycles. The summed E-state index contributed by atoms with van der Waals surface area (Å²) in [7, 11) is 1.69. The van der Waals surface area contributed by atoms with Crippen molar-refractivity contribution in [2.24, 2.45) is 7.05 Å². The summed E-state index contributed by atoms with van der Waals surface area (Å²) in [6, 6.07) is 15.1. The van der Waals surface area contributed by atoms with Crippen LogP contribution in [0.4, 0.5) is 11.4 Å². The molecule has 3 rings (SSSR count). The monoisotopic (exact) mass is 417 g/mol. The van der Waals surface area contributed by atoms with E-state index < -0.39 is 16.4 Å². The first-order chi connectivity index (χ1) is 14.7. The minimum atomic E-state index is -0.781. The molecule has 0 bridgehead atoms. The van der Waals surface area contributed by atoms with Crippen LogP contribution in [-0.4, -0.2) is 20.2 Å². The van der Waals surface area contributed by atoms with Crippen LogP contribution in [0.25, 0.3) is 11.8 Å². The van der Waals surface area contributed by atoms with Crippen molar-refractivity contribution in [2.75, 3.05) is 5.32 Å². The number of hydrogen-bond donors (Lipinski definition) is 1. The number of carbonyl (C=O) groups is 1. The molecule has 1 N–H and O–H groups in total. The lowest BCUT2D eigenvalue weighted by molar-refractivity contribution is -0.385. The minimum Gasteiger partial charge on any atom is -0.315 e. The molecule has 0 fully saturated rings. The number of nitrogens with one attached hydrogen (secondary N) is 1. The van der Waals surface area contributed by atoms with Crippen LogP contribution in [0.1, 0.15) is 16.8 Å². The maximum absolute atomic E-state index is 12.9. The molecule has 0 saturated heterocycles. The number of aromatic nitrogens is 2. The molecule has 0 aliphatic heterocycles. The van der Waals surface area contributed by atoms with Gasteiger partial charge in [-0.3, -0.25) is 24.4 Å². The second-order valence-corrected chi connectivity index (χ2v) is 6.86. The van der Waals surface area contributed by atoms with Crippen LogP contribution < -0.4 is 10.9 Å². The van der Waals surface area contributed by atoms with Crippen molar-refractivity contribution in [2.45, 2.75) is 13.8 Å². The van der Waals surface area contributed by atoms with Crippen LogP contribution in [-0.2, 0) is 11.8 Å². The van der Waals surface area contributed by atoms with Gasteiger partial charge < -0.3 is 5.32 Å². The fourth-order valence-electron chi connectivity index (χ4n) is 3.12.